The van der Waals surface area contributed by atoms with Gasteiger partial charge in [0.1, 0.15) is 4.92 Å². The molecule has 0 spiro atoms. The smallest absolute Gasteiger partial charge is 0.400 e. The zero-order valence-electron chi connectivity index (χ0n) is 21.6. The van der Waals surface area contributed by atoms with Crippen molar-refractivity contribution in [3.05, 3.63) is 81.6 Å². The minimum Gasteiger partial charge on any atom is -0.400 e. The SMILES string of the molecule is CCCCN(CC)S(=O)(=O)c1ccc(C(=O)N(/N=C/c2ccc([N+](=O)[O-])o2)c2nc3ccc(C)cc3s2)cc1. The first kappa shape index (κ1) is 28.1. The molecule has 13 heteroatoms. The third-order valence-corrected chi connectivity index (χ3v) is 8.83. The van der Waals surface area contributed by atoms with Crippen LogP contribution in [0.5, 0.6) is 0 Å². The summed E-state index contributed by atoms with van der Waals surface area (Å²) in [6, 6.07) is 13.9. The van der Waals surface area contributed by atoms with Gasteiger partial charge in [-0.25, -0.2) is 13.4 Å². The van der Waals surface area contributed by atoms with E-state index < -0.39 is 26.7 Å². The molecule has 204 valence electrons. The van der Waals surface area contributed by atoms with Crippen LogP contribution in [0, 0.1) is 17.0 Å². The Morgan fingerprint density at radius 3 is 2.54 bits per heavy atom. The van der Waals surface area contributed by atoms with Crippen molar-refractivity contribution in [3.8, 4) is 0 Å². The highest BCUT2D eigenvalue weighted by Crippen LogP contribution is 2.31. The van der Waals surface area contributed by atoms with Gasteiger partial charge in [0.2, 0.25) is 15.2 Å². The number of nitrogens with zero attached hydrogens (tertiary/aromatic N) is 5. The van der Waals surface area contributed by atoms with Gasteiger partial charge in [0.05, 0.1) is 27.4 Å². The number of aromatic nitrogens is 1. The number of carbonyl (C=O) groups is 1. The summed E-state index contributed by atoms with van der Waals surface area (Å²) in [5.74, 6) is -0.948. The van der Waals surface area contributed by atoms with Crippen LogP contribution in [0.3, 0.4) is 0 Å². The lowest BCUT2D eigenvalue weighted by atomic mass is 10.2. The van der Waals surface area contributed by atoms with E-state index in [1.54, 1.807) is 6.92 Å². The van der Waals surface area contributed by atoms with E-state index in [2.05, 4.69) is 10.1 Å². The van der Waals surface area contributed by atoms with E-state index in [4.69, 9.17) is 4.42 Å². The second-order valence-electron chi connectivity index (χ2n) is 8.64. The Kier molecular flexibility index (Phi) is 8.53. The fraction of sp³-hybridized carbons (Fsp3) is 0.269. The van der Waals surface area contributed by atoms with Crippen molar-refractivity contribution >= 4 is 54.7 Å². The van der Waals surface area contributed by atoms with Gasteiger partial charge in [-0.1, -0.05) is 37.7 Å². The van der Waals surface area contributed by atoms with Crippen LogP contribution in [0.2, 0.25) is 0 Å². The maximum atomic E-state index is 13.6. The molecule has 11 nitrogen and oxygen atoms in total. The lowest BCUT2D eigenvalue weighted by Crippen LogP contribution is -2.32. The van der Waals surface area contributed by atoms with E-state index in [-0.39, 0.29) is 21.4 Å². The Morgan fingerprint density at radius 2 is 1.90 bits per heavy atom. The van der Waals surface area contributed by atoms with Crippen LogP contribution in [-0.4, -0.2) is 47.8 Å². The molecule has 0 bridgehead atoms. The zero-order valence-corrected chi connectivity index (χ0v) is 23.2. The molecule has 0 aliphatic carbocycles. The number of benzene rings is 2. The summed E-state index contributed by atoms with van der Waals surface area (Å²) in [7, 11) is -3.71. The fourth-order valence-corrected chi connectivity index (χ4v) is 6.25. The summed E-state index contributed by atoms with van der Waals surface area (Å²) in [4.78, 5) is 28.5. The number of hydrogen-bond acceptors (Lipinski definition) is 9. The molecule has 4 rings (SSSR count). The molecule has 0 fully saturated rings. The number of carbonyl (C=O) groups excluding carboxylic acids is 1. The van der Waals surface area contributed by atoms with Crippen LogP contribution in [0.15, 0.2) is 69.0 Å². The van der Waals surface area contributed by atoms with E-state index in [0.29, 0.717) is 18.6 Å². The summed E-state index contributed by atoms with van der Waals surface area (Å²) < 4.78 is 33.6. The zero-order chi connectivity index (χ0) is 28.2. The van der Waals surface area contributed by atoms with Crippen molar-refractivity contribution in [2.24, 2.45) is 5.10 Å². The number of amides is 1. The summed E-state index contributed by atoms with van der Waals surface area (Å²) >= 11 is 1.25. The second kappa shape index (κ2) is 11.8. The average molecular weight is 570 g/mol. The number of hydrazone groups is 1. The van der Waals surface area contributed by atoms with E-state index in [0.717, 1.165) is 28.1 Å². The summed E-state index contributed by atoms with van der Waals surface area (Å²) in [5, 5.41) is 16.5. The van der Waals surface area contributed by atoms with Crippen molar-refractivity contribution < 1.29 is 22.6 Å². The molecule has 0 radical (unpaired) electrons. The van der Waals surface area contributed by atoms with E-state index >= 15 is 0 Å². The van der Waals surface area contributed by atoms with Gasteiger partial charge in [0, 0.05) is 18.7 Å². The van der Waals surface area contributed by atoms with Crippen molar-refractivity contribution in [3.63, 3.8) is 0 Å². The molecule has 4 aromatic rings. The molecule has 0 saturated heterocycles. The number of aryl methyl sites for hydroxylation is 1. The molecule has 0 N–H and O–H groups in total. The van der Waals surface area contributed by atoms with Crippen LogP contribution in [0.4, 0.5) is 11.0 Å². The van der Waals surface area contributed by atoms with E-state index in [1.165, 1.54) is 58.3 Å². The Balaban J connectivity index is 1.68. The second-order valence-corrected chi connectivity index (χ2v) is 11.6. The summed E-state index contributed by atoms with van der Waals surface area (Å²) in [5.41, 5.74) is 1.89. The fourth-order valence-electron chi connectivity index (χ4n) is 3.75. The Bertz CT molecular complexity index is 1630. The Labute approximate surface area is 229 Å². The predicted molar refractivity (Wildman–Crippen MR) is 150 cm³/mol. The van der Waals surface area contributed by atoms with Crippen LogP contribution in [0.1, 0.15) is 48.4 Å². The highest BCUT2D eigenvalue weighted by Gasteiger charge is 2.25. The van der Waals surface area contributed by atoms with Gasteiger partial charge in [0.25, 0.3) is 5.91 Å². The number of nitro groups is 1. The maximum Gasteiger partial charge on any atom is 0.433 e. The van der Waals surface area contributed by atoms with Gasteiger partial charge in [0.15, 0.2) is 5.76 Å². The van der Waals surface area contributed by atoms with Crippen molar-refractivity contribution in [2.75, 3.05) is 18.1 Å². The number of hydrogen-bond donors (Lipinski definition) is 0. The standard InChI is InChI=1S/C26H27N5O6S2/c1-4-6-15-29(5-2)39(35,36)21-11-8-19(9-12-21)25(32)30(27-17-20-10-14-24(37-20)31(33)34)26-28-22-13-7-18(3)16-23(22)38-26/h7-14,16-17H,4-6,15H2,1-3H3/b27-17+. The van der Waals surface area contributed by atoms with Crippen LogP contribution in [0.25, 0.3) is 10.2 Å². The molecule has 2 aromatic heterocycles. The molecule has 2 heterocycles. The molecule has 0 aliphatic rings. The highest BCUT2D eigenvalue weighted by molar-refractivity contribution is 7.89. The van der Waals surface area contributed by atoms with Gasteiger partial charge in [-0.3, -0.25) is 14.9 Å². The molecule has 39 heavy (non-hydrogen) atoms. The first-order valence-electron chi connectivity index (χ1n) is 12.2. The van der Waals surface area contributed by atoms with Crippen LogP contribution >= 0.6 is 11.3 Å². The number of fused-ring (bicyclic) bond motifs is 1. The quantitative estimate of drug-likeness (QED) is 0.130. The minimum absolute atomic E-state index is 0.0737. The maximum absolute atomic E-state index is 13.6. The summed E-state index contributed by atoms with van der Waals surface area (Å²) in [6.07, 6.45) is 2.80. The van der Waals surface area contributed by atoms with Gasteiger partial charge in [-0.05, 0) is 61.4 Å². The Morgan fingerprint density at radius 1 is 1.15 bits per heavy atom. The number of sulfonamides is 1. The number of unbranched alkanes of at least 4 members (excludes halogenated alkanes) is 1. The third-order valence-electron chi connectivity index (χ3n) is 5.85. The lowest BCUT2D eigenvalue weighted by molar-refractivity contribution is -0.402. The molecule has 1 amide bonds. The molecule has 0 atom stereocenters. The van der Waals surface area contributed by atoms with Gasteiger partial charge >= 0.3 is 5.88 Å². The minimum atomic E-state index is -3.71. The number of furan rings is 1. The van der Waals surface area contributed by atoms with E-state index in [1.807, 2.05) is 32.0 Å². The largest absolute Gasteiger partial charge is 0.433 e. The molecular weight excluding hydrogens is 542 g/mol. The number of rotatable bonds is 11. The highest BCUT2D eigenvalue weighted by atomic mass is 32.2. The van der Waals surface area contributed by atoms with Gasteiger partial charge in [-0.2, -0.15) is 14.4 Å². The predicted octanol–water partition coefficient (Wildman–Crippen LogP) is 5.60. The first-order chi connectivity index (χ1) is 18.6. The lowest BCUT2D eigenvalue weighted by Gasteiger charge is -2.20. The van der Waals surface area contributed by atoms with Crippen molar-refractivity contribution in [2.45, 2.75) is 38.5 Å². The topological polar surface area (TPSA) is 139 Å². The summed E-state index contributed by atoms with van der Waals surface area (Å²) in [6.45, 7) is 6.48. The monoisotopic (exact) mass is 569 g/mol. The van der Waals surface area contributed by atoms with Crippen LogP contribution in [-0.2, 0) is 10.0 Å². The third kappa shape index (κ3) is 6.21. The van der Waals surface area contributed by atoms with Crippen molar-refractivity contribution in [1.82, 2.24) is 9.29 Å². The van der Waals surface area contributed by atoms with Crippen LogP contribution < -0.4 is 5.01 Å². The van der Waals surface area contributed by atoms with Gasteiger partial charge < -0.3 is 4.42 Å². The van der Waals surface area contributed by atoms with Crippen molar-refractivity contribution in [1.29, 1.82) is 0 Å². The Hall–Kier alpha value is -3.94. The molecular formula is C26H27N5O6S2. The molecule has 2 aromatic carbocycles. The molecule has 0 saturated carbocycles. The normalized spacial score (nSPS) is 12.0. The number of anilines is 1. The number of thiazole rings is 1. The molecule has 0 unspecified atom stereocenters. The average Bonchev–Trinajstić information content (AvgIpc) is 3.56. The van der Waals surface area contributed by atoms with E-state index in [9.17, 15) is 23.3 Å². The first-order valence-corrected chi connectivity index (χ1v) is 14.5. The van der Waals surface area contributed by atoms with Gasteiger partial charge in [-0.15, -0.1) is 0 Å². The molecule has 0 aliphatic heterocycles.